The number of carbonyl (C=O) groups is 1. The molecule has 0 atom stereocenters. The summed E-state index contributed by atoms with van der Waals surface area (Å²) in [7, 11) is 1.63. The molecule has 0 aliphatic heterocycles. The van der Waals surface area contributed by atoms with E-state index < -0.39 is 10.8 Å². The van der Waals surface area contributed by atoms with Crippen LogP contribution in [-0.4, -0.2) is 31.1 Å². The predicted octanol–water partition coefficient (Wildman–Crippen LogP) is 4.73. The van der Waals surface area contributed by atoms with Crippen molar-refractivity contribution < 1.29 is 19.2 Å². The van der Waals surface area contributed by atoms with Crippen molar-refractivity contribution in [2.75, 3.05) is 20.3 Å². The standard InChI is InChI=1S/C22H19ClN2O5/c1-29-18-7-2-15(3-8-18)16-4-9-19(10-5-16)30-13-12-24-22(26)20-14-17(25(27)28)6-11-21(20)23/h2-11,14H,12-13H2,1H3,(H,24,26). The number of halogens is 1. The van der Waals surface area contributed by atoms with Gasteiger partial charge in [0.05, 0.1) is 29.2 Å². The average Bonchev–Trinajstić information content (AvgIpc) is 2.77. The third kappa shape index (κ3) is 5.27. The van der Waals surface area contributed by atoms with Gasteiger partial charge in [0.15, 0.2) is 0 Å². The van der Waals surface area contributed by atoms with E-state index in [2.05, 4.69) is 5.32 Å². The van der Waals surface area contributed by atoms with Crippen LogP contribution in [-0.2, 0) is 0 Å². The van der Waals surface area contributed by atoms with E-state index in [4.69, 9.17) is 21.1 Å². The second-order valence-electron chi connectivity index (χ2n) is 6.28. The third-order valence-corrected chi connectivity index (χ3v) is 4.67. The molecule has 0 bridgehead atoms. The SMILES string of the molecule is COc1ccc(-c2ccc(OCCNC(=O)c3cc([N+](=O)[O-])ccc3Cl)cc2)cc1. The van der Waals surface area contributed by atoms with Crippen LogP contribution in [0, 0.1) is 10.1 Å². The second-order valence-corrected chi connectivity index (χ2v) is 6.69. The number of methoxy groups -OCH3 is 1. The topological polar surface area (TPSA) is 90.7 Å². The van der Waals surface area contributed by atoms with E-state index in [1.807, 2.05) is 48.5 Å². The van der Waals surface area contributed by atoms with Gasteiger partial charge in [0.2, 0.25) is 0 Å². The maximum absolute atomic E-state index is 12.2. The Balaban J connectivity index is 1.51. The summed E-state index contributed by atoms with van der Waals surface area (Å²) >= 11 is 5.97. The van der Waals surface area contributed by atoms with Gasteiger partial charge in [-0.05, 0) is 41.5 Å². The highest BCUT2D eigenvalue weighted by atomic mass is 35.5. The number of rotatable bonds is 8. The summed E-state index contributed by atoms with van der Waals surface area (Å²) in [4.78, 5) is 22.5. The molecule has 0 saturated heterocycles. The summed E-state index contributed by atoms with van der Waals surface area (Å²) in [6.07, 6.45) is 0. The van der Waals surface area contributed by atoms with E-state index in [-0.39, 0.29) is 29.4 Å². The average molecular weight is 427 g/mol. The highest BCUT2D eigenvalue weighted by Gasteiger charge is 2.15. The van der Waals surface area contributed by atoms with Crippen LogP contribution < -0.4 is 14.8 Å². The Morgan fingerprint density at radius 3 is 2.17 bits per heavy atom. The molecule has 0 aliphatic rings. The Labute approximate surface area is 178 Å². The number of carbonyl (C=O) groups excluding carboxylic acids is 1. The zero-order valence-electron chi connectivity index (χ0n) is 16.1. The van der Waals surface area contributed by atoms with Gasteiger partial charge in [0, 0.05) is 12.1 Å². The highest BCUT2D eigenvalue weighted by molar-refractivity contribution is 6.33. The number of nitrogens with one attached hydrogen (secondary N) is 1. The molecule has 1 amide bonds. The number of hydrogen-bond donors (Lipinski definition) is 1. The molecule has 0 spiro atoms. The van der Waals surface area contributed by atoms with E-state index in [9.17, 15) is 14.9 Å². The minimum Gasteiger partial charge on any atom is -0.497 e. The van der Waals surface area contributed by atoms with E-state index in [0.717, 1.165) is 22.9 Å². The number of nitrogens with zero attached hydrogens (tertiary/aromatic N) is 1. The molecule has 154 valence electrons. The Morgan fingerprint density at radius 2 is 1.60 bits per heavy atom. The summed E-state index contributed by atoms with van der Waals surface area (Å²) in [5.74, 6) is 0.962. The van der Waals surface area contributed by atoms with Crippen LogP contribution >= 0.6 is 11.6 Å². The first-order valence-electron chi connectivity index (χ1n) is 9.07. The number of nitro groups is 1. The van der Waals surface area contributed by atoms with Crippen LogP contribution in [0.15, 0.2) is 66.7 Å². The minimum absolute atomic E-state index is 0.0507. The number of non-ortho nitro benzene ring substituents is 1. The summed E-state index contributed by atoms with van der Waals surface area (Å²) < 4.78 is 10.8. The summed E-state index contributed by atoms with van der Waals surface area (Å²) in [6.45, 7) is 0.457. The number of amides is 1. The van der Waals surface area contributed by atoms with Crippen molar-refractivity contribution in [2.45, 2.75) is 0 Å². The second kappa shape index (κ2) is 9.76. The van der Waals surface area contributed by atoms with Gasteiger partial charge in [-0.2, -0.15) is 0 Å². The molecule has 0 aliphatic carbocycles. The molecule has 0 heterocycles. The Hall–Kier alpha value is -3.58. The van der Waals surface area contributed by atoms with Gasteiger partial charge >= 0.3 is 0 Å². The normalized spacial score (nSPS) is 10.3. The molecule has 0 aromatic heterocycles. The molecule has 30 heavy (non-hydrogen) atoms. The van der Waals surface area contributed by atoms with Gasteiger partial charge in [0.25, 0.3) is 11.6 Å². The number of hydrogen-bond acceptors (Lipinski definition) is 5. The van der Waals surface area contributed by atoms with Crippen molar-refractivity contribution in [2.24, 2.45) is 0 Å². The molecule has 3 aromatic carbocycles. The first-order chi connectivity index (χ1) is 14.5. The lowest BCUT2D eigenvalue weighted by molar-refractivity contribution is -0.384. The molecule has 0 saturated carbocycles. The number of nitro benzene ring substituents is 1. The van der Waals surface area contributed by atoms with Gasteiger partial charge in [-0.15, -0.1) is 0 Å². The van der Waals surface area contributed by atoms with E-state index in [1.165, 1.54) is 12.1 Å². The smallest absolute Gasteiger partial charge is 0.270 e. The maximum Gasteiger partial charge on any atom is 0.270 e. The molecule has 8 heteroatoms. The fourth-order valence-electron chi connectivity index (χ4n) is 2.76. The molecule has 3 aromatic rings. The Kier molecular flexibility index (Phi) is 6.87. The van der Waals surface area contributed by atoms with Gasteiger partial charge < -0.3 is 14.8 Å². The lowest BCUT2D eigenvalue weighted by atomic mass is 10.1. The minimum atomic E-state index is -0.578. The molecule has 7 nitrogen and oxygen atoms in total. The summed E-state index contributed by atoms with van der Waals surface area (Å²) in [5.41, 5.74) is 1.95. The zero-order valence-corrected chi connectivity index (χ0v) is 16.9. The largest absolute Gasteiger partial charge is 0.497 e. The molecule has 0 radical (unpaired) electrons. The molecule has 3 rings (SSSR count). The van der Waals surface area contributed by atoms with E-state index >= 15 is 0 Å². The molecular formula is C22H19ClN2O5. The fraction of sp³-hybridized carbons (Fsp3) is 0.136. The van der Waals surface area contributed by atoms with Gasteiger partial charge in [-0.25, -0.2) is 0 Å². The van der Waals surface area contributed by atoms with Crippen LogP contribution in [0.25, 0.3) is 11.1 Å². The number of benzene rings is 3. The zero-order chi connectivity index (χ0) is 21.5. The molecule has 0 fully saturated rings. The van der Waals surface area contributed by atoms with Crippen LogP contribution in [0.4, 0.5) is 5.69 Å². The molecule has 1 N–H and O–H groups in total. The Bertz CT molecular complexity index is 1040. The van der Waals surface area contributed by atoms with E-state index in [0.29, 0.717) is 5.75 Å². The van der Waals surface area contributed by atoms with E-state index in [1.54, 1.807) is 7.11 Å². The monoisotopic (exact) mass is 426 g/mol. The van der Waals surface area contributed by atoms with Gasteiger partial charge in [0.1, 0.15) is 18.1 Å². The summed E-state index contributed by atoms with van der Waals surface area (Å²) in [6, 6.07) is 19.1. The van der Waals surface area contributed by atoms with Crippen molar-refractivity contribution in [3.8, 4) is 22.6 Å². The lowest BCUT2D eigenvalue weighted by Gasteiger charge is -2.10. The predicted molar refractivity (Wildman–Crippen MR) is 114 cm³/mol. The number of ether oxygens (including phenoxy) is 2. The Morgan fingerprint density at radius 1 is 1.00 bits per heavy atom. The van der Waals surface area contributed by atoms with Crippen molar-refractivity contribution in [3.05, 3.63) is 87.4 Å². The third-order valence-electron chi connectivity index (χ3n) is 4.34. The van der Waals surface area contributed by atoms with Crippen molar-refractivity contribution in [3.63, 3.8) is 0 Å². The molecule has 0 unspecified atom stereocenters. The fourth-order valence-corrected chi connectivity index (χ4v) is 2.96. The summed E-state index contributed by atoms with van der Waals surface area (Å²) in [5, 5.41) is 13.6. The maximum atomic E-state index is 12.2. The van der Waals surface area contributed by atoms with Gasteiger partial charge in [-0.3, -0.25) is 14.9 Å². The van der Waals surface area contributed by atoms with Crippen molar-refractivity contribution in [1.29, 1.82) is 0 Å². The van der Waals surface area contributed by atoms with Crippen molar-refractivity contribution >= 4 is 23.2 Å². The molecular weight excluding hydrogens is 408 g/mol. The highest BCUT2D eigenvalue weighted by Crippen LogP contribution is 2.25. The van der Waals surface area contributed by atoms with Crippen LogP contribution in [0.2, 0.25) is 5.02 Å². The lowest BCUT2D eigenvalue weighted by Crippen LogP contribution is -2.28. The first-order valence-corrected chi connectivity index (χ1v) is 9.45. The van der Waals surface area contributed by atoms with Gasteiger partial charge in [-0.1, -0.05) is 35.9 Å². The first kappa shape index (κ1) is 21.1. The quantitative estimate of drug-likeness (QED) is 0.319. The van der Waals surface area contributed by atoms with Crippen molar-refractivity contribution in [1.82, 2.24) is 5.32 Å². The van der Waals surface area contributed by atoms with Crippen LogP contribution in [0.1, 0.15) is 10.4 Å². The van der Waals surface area contributed by atoms with Crippen LogP contribution in [0.5, 0.6) is 11.5 Å². The van der Waals surface area contributed by atoms with Crippen LogP contribution in [0.3, 0.4) is 0 Å².